The normalized spacial score (nSPS) is 13.2. The van der Waals surface area contributed by atoms with Gasteiger partial charge in [0.05, 0.1) is 18.0 Å². The van der Waals surface area contributed by atoms with Gasteiger partial charge in [0, 0.05) is 0 Å². The summed E-state index contributed by atoms with van der Waals surface area (Å²) in [5.41, 5.74) is 1.00. The van der Waals surface area contributed by atoms with E-state index in [0.717, 1.165) is 11.3 Å². The van der Waals surface area contributed by atoms with Crippen molar-refractivity contribution in [3.05, 3.63) is 52.2 Å². The maximum Gasteiger partial charge on any atom is 0.261 e. The molecule has 1 aromatic carbocycles. The lowest BCUT2D eigenvalue weighted by molar-refractivity contribution is -0.123. The fourth-order valence-electron chi connectivity index (χ4n) is 2.47. The number of methoxy groups -OCH3 is 1. The molecule has 2 aromatic rings. The molecule has 6 heteroatoms. The van der Waals surface area contributed by atoms with Gasteiger partial charge in [0.1, 0.15) is 11.8 Å². The van der Waals surface area contributed by atoms with Gasteiger partial charge in [-0.1, -0.05) is 32.0 Å². The maximum absolute atomic E-state index is 12.5. The first-order valence-corrected chi connectivity index (χ1v) is 9.09. The molecule has 25 heavy (non-hydrogen) atoms. The number of rotatable bonds is 7. The highest BCUT2D eigenvalue weighted by atomic mass is 32.1. The Morgan fingerprint density at radius 2 is 1.72 bits per heavy atom. The van der Waals surface area contributed by atoms with Crippen LogP contribution in [0.15, 0.2) is 41.8 Å². The van der Waals surface area contributed by atoms with Crippen molar-refractivity contribution in [2.75, 3.05) is 7.11 Å². The van der Waals surface area contributed by atoms with E-state index in [1.807, 2.05) is 49.6 Å². The van der Waals surface area contributed by atoms with E-state index in [4.69, 9.17) is 4.74 Å². The number of thiophene rings is 1. The first-order chi connectivity index (χ1) is 11.9. The zero-order valence-electron chi connectivity index (χ0n) is 14.9. The van der Waals surface area contributed by atoms with Crippen molar-refractivity contribution >= 4 is 23.2 Å². The zero-order chi connectivity index (χ0) is 18.4. The van der Waals surface area contributed by atoms with Crippen LogP contribution in [-0.4, -0.2) is 25.0 Å². The van der Waals surface area contributed by atoms with Crippen LogP contribution in [0.1, 0.15) is 42.0 Å². The number of benzene rings is 1. The molecule has 0 saturated carbocycles. The molecule has 1 heterocycles. The Morgan fingerprint density at radius 1 is 1.04 bits per heavy atom. The fourth-order valence-corrected chi connectivity index (χ4v) is 3.09. The number of hydrogen-bond acceptors (Lipinski definition) is 4. The van der Waals surface area contributed by atoms with E-state index in [1.165, 1.54) is 11.3 Å². The number of nitrogens with one attached hydrogen (secondary N) is 2. The van der Waals surface area contributed by atoms with Crippen molar-refractivity contribution in [2.24, 2.45) is 5.92 Å². The summed E-state index contributed by atoms with van der Waals surface area (Å²) in [6, 6.07) is 10.4. The van der Waals surface area contributed by atoms with Crippen LogP contribution in [0.4, 0.5) is 0 Å². The molecule has 0 fully saturated rings. The lowest BCUT2D eigenvalue weighted by atomic mass is 9.95. The molecule has 0 aliphatic rings. The maximum atomic E-state index is 12.5. The predicted molar refractivity (Wildman–Crippen MR) is 100.0 cm³/mol. The quantitative estimate of drug-likeness (QED) is 0.795. The van der Waals surface area contributed by atoms with E-state index < -0.39 is 6.04 Å². The van der Waals surface area contributed by atoms with E-state index in [-0.39, 0.29) is 23.8 Å². The number of ether oxygens (including phenoxy) is 1. The van der Waals surface area contributed by atoms with E-state index in [9.17, 15) is 9.59 Å². The molecule has 5 nitrogen and oxygen atoms in total. The minimum atomic E-state index is -0.617. The van der Waals surface area contributed by atoms with E-state index >= 15 is 0 Å². The standard InChI is InChI=1S/C19H24N2O3S/c1-12(2)17(14-7-9-15(24-4)10-8-14)21-18(22)13(3)20-19(23)16-6-5-11-25-16/h5-13,17H,1-4H3,(H,20,23)(H,21,22). The van der Waals surface area contributed by atoms with E-state index in [2.05, 4.69) is 10.6 Å². The topological polar surface area (TPSA) is 67.4 Å². The average molecular weight is 360 g/mol. The molecule has 2 N–H and O–H groups in total. The van der Waals surface area contributed by atoms with Gasteiger partial charge in [-0.05, 0) is 42.0 Å². The third-order valence-electron chi connectivity index (χ3n) is 3.93. The summed E-state index contributed by atoms with van der Waals surface area (Å²) in [7, 11) is 1.62. The highest BCUT2D eigenvalue weighted by Crippen LogP contribution is 2.24. The molecule has 0 saturated heterocycles. The van der Waals surface area contributed by atoms with Gasteiger partial charge in [0.2, 0.25) is 5.91 Å². The number of carbonyl (C=O) groups is 2. The number of amides is 2. The number of carbonyl (C=O) groups excluding carboxylic acids is 2. The lowest BCUT2D eigenvalue weighted by Gasteiger charge is -2.25. The Balaban J connectivity index is 2.02. The van der Waals surface area contributed by atoms with Gasteiger partial charge in [-0.2, -0.15) is 0 Å². The van der Waals surface area contributed by atoms with Crippen LogP contribution >= 0.6 is 11.3 Å². The van der Waals surface area contributed by atoms with E-state index in [1.54, 1.807) is 20.1 Å². The second-order valence-electron chi connectivity index (χ2n) is 6.18. The Hall–Kier alpha value is -2.34. The molecule has 0 bridgehead atoms. The predicted octanol–water partition coefficient (Wildman–Crippen LogP) is 3.39. The highest BCUT2D eigenvalue weighted by Gasteiger charge is 2.23. The molecule has 134 valence electrons. The SMILES string of the molecule is COc1ccc(C(NC(=O)C(C)NC(=O)c2cccs2)C(C)C)cc1. The summed E-state index contributed by atoms with van der Waals surface area (Å²) in [5.74, 6) is 0.536. The molecule has 0 aliphatic carbocycles. The molecule has 1 aromatic heterocycles. The van der Waals surface area contributed by atoms with Gasteiger partial charge >= 0.3 is 0 Å². The van der Waals surface area contributed by atoms with Crippen LogP contribution < -0.4 is 15.4 Å². The van der Waals surface area contributed by atoms with Crippen LogP contribution in [0.2, 0.25) is 0 Å². The van der Waals surface area contributed by atoms with Crippen LogP contribution in [0.25, 0.3) is 0 Å². The Kier molecular flexibility index (Phi) is 6.58. The first kappa shape index (κ1) is 19.0. The zero-order valence-corrected chi connectivity index (χ0v) is 15.7. The first-order valence-electron chi connectivity index (χ1n) is 8.21. The van der Waals surface area contributed by atoms with Gasteiger partial charge in [-0.15, -0.1) is 11.3 Å². The smallest absolute Gasteiger partial charge is 0.261 e. The van der Waals surface area contributed by atoms with Crippen molar-refractivity contribution in [3.63, 3.8) is 0 Å². The fraction of sp³-hybridized carbons (Fsp3) is 0.368. The molecule has 2 amide bonds. The Labute approximate surface area is 152 Å². The van der Waals surface area contributed by atoms with Crippen molar-refractivity contribution in [1.29, 1.82) is 0 Å². The lowest BCUT2D eigenvalue weighted by Crippen LogP contribution is -2.46. The van der Waals surface area contributed by atoms with Gasteiger partial charge in [0.15, 0.2) is 0 Å². The van der Waals surface area contributed by atoms with Crippen LogP contribution in [0, 0.1) is 5.92 Å². The third kappa shape index (κ3) is 5.06. The summed E-state index contributed by atoms with van der Waals surface area (Å²) in [5, 5.41) is 7.60. The van der Waals surface area contributed by atoms with Crippen LogP contribution in [0.3, 0.4) is 0 Å². The number of hydrogen-bond donors (Lipinski definition) is 2. The van der Waals surface area contributed by atoms with Gasteiger partial charge in [-0.25, -0.2) is 0 Å². The largest absolute Gasteiger partial charge is 0.497 e. The second kappa shape index (κ2) is 8.67. The molecule has 0 spiro atoms. The molecular formula is C19H24N2O3S. The summed E-state index contributed by atoms with van der Waals surface area (Å²) >= 11 is 1.35. The van der Waals surface area contributed by atoms with Gasteiger partial charge in [-0.3, -0.25) is 9.59 Å². The minimum absolute atomic E-state index is 0.139. The molecule has 0 radical (unpaired) electrons. The van der Waals surface area contributed by atoms with Crippen LogP contribution in [-0.2, 0) is 4.79 Å². The highest BCUT2D eigenvalue weighted by molar-refractivity contribution is 7.12. The molecular weight excluding hydrogens is 336 g/mol. The summed E-state index contributed by atoms with van der Waals surface area (Å²) in [4.78, 5) is 25.2. The van der Waals surface area contributed by atoms with Crippen molar-refractivity contribution < 1.29 is 14.3 Å². The van der Waals surface area contributed by atoms with Crippen molar-refractivity contribution in [2.45, 2.75) is 32.9 Å². The second-order valence-corrected chi connectivity index (χ2v) is 7.12. The van der Waals surface area contributed by atoms with Crippen molar-refractivity contribution in [3.8, 4) is 5.75 Å². The van der Waals surface area contributed by atoms with E-state index in [0.29, 0.717) is 4.88 Å². The van der Waals surface area contributed by atoms with Gasteiger partial charge < -0.3 is 15.4 Å². The van der Waals surface area contributed by atoms with Crippen LogP contribution in [0.5, 0.6) is 5.75 Å². The minimum Gasteiger partial charge on any atom is -0.497 e. The summed E-state index contributed by atoms with van der Waals surface area (Å²) in [6.45, 7) is 5.78. The molecule has 0 aliphatic heterocycles. The molecule has 2 unspecified atom stereocenters. The molecule has 2 atom stereocenters. The average Bonchev–Trinajstić information content (AvgIpc) is 3.14. The monoisotopic (exact) mass is 360 g/mol. The third-order valence-corrected chi connectivity index (χ3v) is 4.79. The Bertz CT molecular complexity index is 696. The molecule has 2 rings (SSSR count). The van der Waals surface area contributed by atoms with Gasteiger partial charge in [0.25, 0.3) is 5.91 Å². The summed E-state index contributed by atoms with van der Waals surface area (Å²) in [6.07, 6.45) is 0. The van der Waals surface area contributed by atoms with Crippen molar-refractivity contribution in [1.82, 2.24) is 10.6 Å². The summed E-state index contributed by atoms with van der Waals surface area (Å²) < 4.78 is 5.17. The Morgan fingerprint density at radius 3 is 2.24 bits per heavy atom.